The van der Waals surface area contributed by atoms with E-state index in [0.29, 0.717) is 0 Å². The molecule has 0 bridgehead atoms. The molecule has 2 nitrogen and oxygen atoms in total. The van der Waals surface area contributed by atoms with Crippen LogP contribution in [0.15, 0.2) is 152 Å². The second-order valence-corrected chi connectivity index (χ2v) is 14.6. The van der Waals surface area contributed by atoms with Gasteiger partial charge in [0.25, 0.3) is 0 Å². The Morgan fingerprint density at radius 2 is 1.12 bits per heavy atom. The first-order valence-electron chi connectivity index (χ1n) is 18.9. The quantitative estimate of drug-likeness (QED) is 0.152. The zero-order chi connectivity index (χ0) is 35.3. The lowest BCUT2D eigenvalue weighted by atomic mass is 9.84. The third kappa shape index (κ3) is 7.67. The van der Waals surface area contributed by atoms with E-state index in [2.05, 4.69) is 158 Å². The lowest BCUT2D eigenvalue weighted by Crippen LogP contribution is -2.04. The number of nitrogens with zero attached hydrogens (tertiary/aromatic N) is 2. The third-order valence-electron chi connectivity index (χ3n) is 10.8. The van der Waals surface area contributed by atoms with E-state index in [4.69, 9.17) is 4.98 Å². The fourth-order valence-corrected chi connectivity index (χ4v) is 7.89. The van der Waals surface area contributed by atoms with Crippen molar-refractivity contribution in [3.8, 4) is 55.9 Å². The molecule has 7 aromatic rings. The van der Waals surface area contributed by atoms with E-state index in [1.54, 1.807) is 0 Å². The summed E-state index contributed by atoms with van der Waals surface area (Å²) in [5, 5.41) is 0. The van der Waals surface area contributed by atoms with Crippen molar-refractivity contribution in [2.45, 2.75) is 64.7 Å². The van der Waals surface area contributed by atoms with Crippen molar-refractivity contribution < 1.29 is 0 Å². The molecule has 0 radical (unpaired) electrons. The summed E-state index contributed by atoms with van der Waals surface area (Å²) in [5.74, 6) is 0.726. The van der Waals surface area contributed by atoms with Crippen LogP contribution in [0.4, 0.5) is 0 Å². The normalized spacial score (nSPS) is 13.3. The maximum atomic E-state index is 4.77. The van der Waals surface area contributed by atoms with Crippen LogP contribution in [0.3, 0.4) is 0 Å². The maximum Gasteiger partial charge on any atom is 0.0708 e. The van der Waals surface area contributed by atoms with Gasteiger partial charge in [-0.1, -0.05) is 146 Å². The van der Waals surface area contributed by atoms with Gasteiger partial charge in [-0.05, 0) is 119 Å². The monoisotopic (exact) mass is 674 g/mol. The Kier molecular flexibility index (Phi) is 9.89. The number of pyridine rings is 2. The van der Waals surface area contributed by atoms with Gasteiger partial charge < -0.3 is 0 Å². The second kappa shape index (κ2) is 15.3. The fraction of sp³-hybridized carbons (Fsp3) is 0.200. The first-order chi connectivity index (χ1) is 25.6. The van der Waals surface area contributed by atoms with E-state index in [-0.39, 0.29) is 0 Å². The molecule has 0 N–H and O–H groups in total. The summed E-state index contributed by atoms with van der Waals surface area (Å²) in [4.78, 5) is 9.36. The van der Waals surface area contributed by atoms with Crippen LogP contribution in [0.2, 0.25) is 0 Å². The van der Waals surface area contributed by atoms with Gasteiger partial charge in [0.05, 0.1) is 11.4 Å². The van der Waals surface area contributed by atoms with E-state index in [1.807, 2.05) is 12.4 Å². The van der Waals surface area contributed by atoms with Crippen molar-refractivity contribution in [1.82, 2.24) is 9.97 Å². The van der Waals surface area contributed by atoms with Crippen LogP contribution in [0.25, 0.3) is 55.9 Å². The van der Waals surface area contributed by atoms with Gasteiger partial charge in [0.2, 0.25) is 0 Å². The van der Waals surface area contributed by atoms with Gasteiger partial charge in [-0.25, -0.2) is 0 Å². The van der Waals surface area contributed by atoms with E-state index in [1.165, 1.54) is 93.3 Å². The highest BCUT2D eigenvalue weighted by atomic mass is 14.7. The summed E-state index contributed by atoms with van der Waals surface area (Å²) in [6.07, 6.45) is 12.6. The third-order valence-corrected chi connectivity index (χ3v) is 10.8. The Bertz CT molecular complexity index is 2260. The molecule has 1 aliphatic carbocycles. The Labute approximate surface area is 309 Å². The highest BCUT2D eigenvalue weighted by molar-refractivity contribution is 5.85. The molecule has 256 valence electrons. The van der Waals surface area contributed by atoms with Gasteiger partial charge in [-0.3, -0.25) is 9.97 Å². The Balaban J connectivity index is 0.982. The molecule has 0 amide bonds. The zero-order valence-corrected chi connectivity index (χ0v) is 30.4. The van der Waals surface area contributed by atoms with Crippen LogP contribution in [-0.2, 0) is 12.8 Å². The average Bonchev–Trinajstić information content (AvgIpc) is 3.21. The molecule has 5 aromatic carbocycles. The predicted octanol–water partition coefficient (Wildman–Crippen LogP) is 13.3. The number of rotatable bonds is 9. The molecule has 2 heterocycles. The molecule has 2 heteroatoms. The van der Waals surface area contributed by atoms with Crippen molar-refractivity contribution in [2.24, 2.45) is 0 Å². The highest BCUT2D eigenvalue weighted by Gasteiger charge is 2.16. The van der Waals surface area contributed by atoms with Crippen LogP contribution in [-0.4, -0.2) is 9.97 Å². The minimum Gasteiger partial charge on any atom is -0.256 e. The van der Waals surface area contributed by atoms with Gasteiger partial charge >= 0.3 is 0 Å². The average molecular weight is 675 g/mol. The molecular formula is C50H46N2. The van der Waals surface area contributed by atoms with E-state index >= 15 is 0 Å². The molecule has 52 heavy (non-hydrogen) atoms. The van der Waals surface area contributed by atoms with Crippen LogP contribution in [0.1, 0.15) is 65.8 Å². The SMILES string of the molecule is Cc1ccc(-c2ccc(CCc3cc(C)cc(-c4ccccc4-c4ccc(-c5cc(-c6ccc(C7CCCCC7)cc6)ccn5)cc4)c3)cc2)nc1. The van der Waals surface area contributed by atoms with E-state index in [0.717, 1.165) is 41.3 Å². The van der Waals surface area contributed by atoms with Gasteiger partial charge in [0.15, 0.2) is 0 Å². The molecule has 8 rings (SSSR count). The molecule has 0 aliphatic heterocycles. The number of hydrogen-bond donors (Lipinski definition) is 0. The molecule has 0 unspecified atom stereocenters. The maximum absolute atomic E-state index is 4.77. The number of aryl methyl sites for hydroxylation is 4. The lowest BCUT2D eigenvalue weighted by Gasteiger charge is -2.22. The molecular weight excluding hydrogens is 629 g/mol. The van der Waals surface area contributed by atoms with Crippen molar-refractivity contribution in [1.29, 1.82) is 0 Å². The summed E-state index contributed by atoms with van der Waals surface area (Å²) in [6.45, 7) is 4.28. The molecule has 1 aliphatic rings. The standard InChI is InChI=1S/C50H46N2/c1-35-12-27-49(52-34-35)43-17-15-37(16-18-43)13-14-38-30-36(2)31-46(32-38)48-11-7-6-10-47(48)42-23-25-44(26-24-42)50-33-45(28-29-51-50)41-21-19-40(20-22-41)39-8-4-3-5-9-39/h6-7,10-12,15-34,39H,3-5,8-9,13-14H2,1-2H3. The van der Waals surface area contributed by atoms with Crippen LogP contribution < -0.4 is 0 Å². The van der Waals surface area contributed by atoms with Crippen molar-refractivity contribution in [3.63, 3.8) is 0 Å². The topological polar surface area (TPSA) is 25.8 Å². The van der Waals surface area contributed by atoms with Gasteiger partial charge in [0.1, 0.15) is 0 Å². The van der Waals surface area contributed by atoms with Crippen molar-refractivity contribution in [3.05, 3.63) is 180 Å². The predicted molar refractivity (Wildman–Crippen MR) is 218 cm³/mol. The largest absolute Gasteiger partial charge is 0.256 e. The van der Waals surface area contributed by atoms with Crippen molar-refractivity contribution in [2.75, 3.05) is 0 Å². The van der Waals surface area contributed by atoms with Crippen molar-refractivity contribution >= 4 is 0 Å². The fourth-order valence-electron chi connectivity index (χ4n) is 7.89. The smallest absolute Gasteiger partial charge is 0.0708 e. The van der Waals surface area contributed by atoms with Gasteiger partial charge in [-0.2, -0.15) is 0 Å². The van der Waals surface area contributed by atoms with Gasteiger partial charge in [0, 0.05) is 23.5 Å². The van der Waals surface area contributed by atoms with Crippen LogP contribution in [0.5, 0.6) is 0 Å². The Morgan fingerprint density at radius 3 is 1.85 bits per heavy atom. The summed E-state index contributed by atoms with van der Waals surface area (Å²) >= 11 is 0. The highest BCUT2D eigenvalue weighted by Crippen LogP contribution is 2.36. The molecule has 1 saturated carbocycles. The summed E-state index contributed by atoms with van der Waals surface area (Å²) < 4.78 is 0. The zero-order valence-electron chi connectivity index (χ0n) is 30.4. The summed E-state index contributed by atoms with van der Waals surface area (Å²) in [7, 11) is 0. The number of hydrogen-bond acceptors (Lipinski definition) is 2. The molecule has 2 aromatic heterocycles. The van der Waals surface area contributed by atoms with Crippen LogP contribution >= 0.6 is 0 Å². The molecule has 0 atom stereocenters. The second-order valence-electron chi connectivity index (χ2n) is 14.6. The number of aromatic nitrogens is 2. The van der Waals surface area contributed by atoms with E-state index in [9.17, 15) is 0 Å². The van der Waals surface area contributed by atoms with Crippen LogP contribution in [0, 0.1) is 13.8 Å². The Hall–Kier alpha value is -5.60. The Morgan fingerprint density at radius 1 is 0.462 bits per heavy atom. The first kappa shape index (κ1) is 33.5. The molecule has 1 fully saturated rings. The first-order valence-corrected chi connectivity index (χ1v) is 18.9. The number of benzene rings is 5. The molecule has 0 spiro atoms. The van der Waals surface area contributed by atoms with E-state index < -0.39 is 0 Å². The summed E-state index contributed by atoms with van der Waals surface area (Å²) in [6, 6.07) is 51.4. The van der Waals surface area contributed by atoms with Gasteiger partial charge in [-0.15, -0.1) is 0 Å². The minimum absolute atomic E-state index is 0.726. The lowest BCUT2D eigenvalue weighted by molar-refractivity contribution is 0.443. The minimum atomic E-state index is 0.726. The molecule has 0 saturated heterocycles. The summed E-state index contributed by atoms with van der Waals surface area (Å²) in [5.41, 5.74) is 18.4.